The van der Waals surface area contributed by atoms with Gasteiger partial charge in [-0.3, -0.25) is 14.4 Å². The van der Waals surface area contributed by atoms with Crippen LogP contribution < -0.4 is 16.4 Å². The fraction of sp³-hybridized carbons (Fsp3) is 0.357. The van der Waals surface area contributed by atoms with E-state index in [4.69, 9.17) is 11.5 Å². The van der Waals surface area contributed by atoms with Crippen LogP contribution in [0.1, 0.15) is 12.0 Å². The molecule has 21 heavy (non-hydrogen) atoms. The zero-order chi connectivity index (χ0) is 15.6. The van der Waals surface area contributed by atoms with E-state index >= 15 is 0 Å². The van der Waals surface area contributed by atoms with Crippen molar-refractivity contribution in [1.29, 1.82) is 0 Å². The van der Waals surface area contributed by atoms with Crippen molar-refractivity contribution in [2.45, 2.75) is 18.9 Å². The number of carbonyl (C=O) groups is 3. The molecule has 2 unspecified atom stereocenters. The highest BCUT2D eigenvalue weighted by Gasteiger charge is 2.34. The van der Waals surface area contributed by atoms with Crippen molar-refractivity contribution < 1.29 is 19.5 Å². The predicted octanol–water partition coefficient (Wildman–Crippen LogP) is -0.521. The Morgan fingerprint density at radius 1 is 1.33 bits per heavy atom. The summed E-state index contributed by atoms with van der Waals surface area (Å²) in [5.74, 6) is -2.82. The van der Waals surface area contributed by atoms with Crippen LogP contribution in [-0.2, 0) is 20.8 Å². The van der Waals surface area contributed by atoms with Crippen molar-refractivity contribution in [2.24, 2.45) is 17.4 Å². The summed E-state index contributed by atoms with van der Waals surface area (Å²) >= 11 is 0. The molecule has 1 heterocycles. The molecule has 0 radical (unpaired) electrons. The summed E-state index contributed by atoms with van der Waals surface area (Å²) in [7, 11) is 0. The van der Waals surface area contributed by atoms with Crippen LogP contribution in [0.5, 0.6) is 0 Å². The van der Waals surface area contributed by atoms with Crippen LogP contribution in [0.3, 0.4) is 0 Å². The minimum atomic E-state index is -1.07. The van der Waals surface area contributed by atoms with Gasteiger partial charge in [0.2, 0.25) is 11.8 Å². The minimum Gasteiger partial charge on any atom is -0.481 e. The van der Waals surface area contributed by atoms with Gasteiger partial charge in [0.05, 0.1) is 18.4 Å². The monoisotopic (exact) mass is 291 g/mol. The summed E-state index contributed by atoms with van der Waals surface area (Å²) in [5.41, 5.74) is 12.1. The minimum absolute atomic E-state index is 0.0393. The Hall–Kier alpha value is -2.41. The molecule has 2 atom stereocenters. The molecule has 0 aromatic heterocycles. The first kappa shape index (κ1) is 15.0. The SMILES string of the molecule is NC(=O)CC(N)C(=O)N1CC(C(=O)O)Cc2ccccc21. The molecule has 7 nitrogen and oxygen atoms in total. The number of aliphatic carboxylic acids is 1. The number of benzene rings is 1. The summed E-state index contributed by atoms with van der Waals surface area (Å²) in [6.45, 7) is 0.0393. The number of anilines is 1. The lowest BCUT2D eigenvalue weighted by Gasteiger charge is -2.34. The molecule has 7 heteroatoms. The van der Waals surface area contributed by atoms with Crippen molar-refractivity contribution in [3.05, 3.63) is 29.8 Å². The first-order chi connectivity index (χ1) is 9.90. The number of primary amides is 1. The number of hydrogen-bond donors (Lipinski definition) is 3. The molecule has 2 rings (SSSR count). The van der Waals surface area contributed by atoms with Gasteiger partial charge in [-0.1, -0.05) is 18.2 Å². The number of rotatable bonds is 4. The molecule has 112 valence electrons. The first-order valence-corrected chi connectivity index (χ1v) is 6.56. The van der Waals surface area contributed by atoms with Crippen LogP contribution in [-0.4, -0.2) is 35.5 Å². The molecule has 5 N–H and O–H groups in total. The lowest BCUT2D eigenvalue weighted by atomic mass is 9.92. The number of nitrogens with two attached hydrogens (primary N) is 2. The fourth-order valence-corrected chi connectivity index (χ4v) is 2.47. The van der Waals surface area contributed by atoms with Crippen molar-refractivity contribution >= 4 is 23.5 Å². The predicted molar refractivity (Wildman–Crippen MR) is 75.4 cm³/mol. The Labute approximate surface area is 121 Å². The average molecular weight is 291 g/mol. The van der Waals surface area contributed by atoms with E-state index < -0.39 is 29.7 Å². The molecule has 0 bridgehead atoms. The van der Waals surface area contributed by atoms with Crippen molar-refractivity contribution in [1.82, 2.24) is 0 Å². The lowest BCUT2D eigenvalue weighted by Crippen LogP contribution is -2.50. The van der Waals surface area contributed by atoms with Gasteiger partial charge in [0, 0.05) is 12.2 Å². The Morgan fingerprint density at radius 3 is 2.62 bits per heavy atom. The zero-order valence-corrected chi connectivity index (χ0v) is 11.4. The van der Waals surface area contributed by atoms with Gasteiger partial charge in [-0.2, -0.15) is 0 Å². The maximum atomic E-state index is 12.4. The number of fused-ring (bicyclic) bond motifs is 1. The molecule has 1 aliphatic heterocycles. The van der Waals surface area contributed by atoms with Gasteiger partial charge in [0.25, 0.3) is 0 Å². The van der Waals surface area contributed by atoms with Gasteiger partial charge >= 0.3 is 5.97 Å². The Kier molecular flexibility index (Phi) is 4.23. The van der Waals surface area contributed by atoms with E-state index in [9.17, 15) is 19.5 Å². The Balaban J connectivity index is 2.30. The summed E-state index contributed by atoms with van der Waals surface area (Å²) in [4.78, 5) is 35.8. The lowest BCUT2D eigenvalue weighted by molar-refractivity contribution is -0.141. The maximum Gasteiger partial charge on any atom is 0.308 e. The largest absolute Gasteiger partial charge is 0.481 e. The van der Waals surface area contributed by atoms with E-state index in [2.05, 4.69) is 0 Å². The summed E-state index contributed by atoms with van der Waals surface area (Å²) in [6.07, 6.45) is 0.0928. The van der Waals surface area contributed by atoms with E-state index in [1.165, 1.54) is 4.90 Å². The Bertz CT molecular complexity index is 587. The highest BCUT2D eigenvalue weighted by atomic mass is 16.4. The molecule has 1 aliphatic rings. The molecule has 0 saturated carbocycles. The third kappa shape index (κ3) is 3.19. The van der Waals surface area contributed by atoms with E-state index in [-0.39, 0.29) is 13.0 Å². The second-order valence-electron chi connectivity index (χ2n) is 5.09. The topological polar surface area (TPSA) is 127 Å². The number of carboxylic acid groups (broad SMARTS) is 1. The Morgan fingerprint density at radius 2 is 2.00 bits per heavy atom. The molecule has 0 saturated heterocycles. The molecular formula is C14H17N3O4. The molecular weight excluding hydrogens is 274 g/mol. The molecule has 2 amide bonds. The fourth-order valence-electron chi connectivity index (χ4n) is 2.47. The van der Waals surface area contributed by atoms with Gasteiger partial charge in [-0.25, -0.2) is 0 Å². The smallest absolute Gasteiger partial charge is 0.308 e. The molecule has 0 fully saturated rings. The third-order valence-electron chi connectivity index (χ3n) is 3.51. The number of para-hydroxylation sites is 1. The van der Waals surface area contributed by atoms with E-state index in [0.29, 0.717) is 12.1 Å². The first-order valence-electron chi connectivity index (χ1n) is 6.56. The van der Waals surface area contributed by atoms with Crippen molar-refractivity contribution in [3.8, 4) is 0 Å². The van der Waals surface area contributed by atoms with Crippen LogP contribution in [0, 0.1) is 5.92 Å². The molecule has 0 aliphatic carbocycles. The highest BCUT2D eigenvalue weighted by molar-refractivity contribution is 6.00. The second-order valence-corrected chi connectivity index (χ2v) is 5.09. The van der Waals surface area contributed by atoms with E-state index in [1.54, 1.807) is 24.3 Å². The molecule has 1 aromatic carbocycles. The quantitative estimate of drug-likeness (QED) is 0.688. The maximum absolute atomic E-state index is 12.4. The summed E-state index contributed by atoms with van der Waals surface area (Å²) in [5, 5.41) is 9.20. The van der Waals surface area contributed by atoms with Crippen LogP contribution in [0.15, 0.2) is 24.3 Å². The highest BCUT2D eigenvalue weighted by Crippen LogP contribution is 2.30. The van der Waals surface area contributed by atoms with Crippen LogP contribution in [0.4, 0.5) is 5.69 Å². The van der Waals surface area contributed by atoms with Crippen molar-refractivity contribution in [2.75, 3.05) is 11.4 Å². The van der Waals surface area contributed by atoms with Crippen LogP contribution >= 0.6 is 0 Å². The van der Waals surface area contributed by atoms with Gasteiger partial charge < -0.3 is 21.5 Å². The van der Waals surface area contributed by atoms with E-state index in [0.717, 1.165) is 5.56 Å². The molecule has 0 spiro atoms. The summed E-state index contributed by atoms with van der Waals surface area (Å²) < 4.78 is 0. The second kappa shape index (κ2) is 5.92. The number of carbonyl (C=O) groups excluding carboxylic acids is 2. The van der Waals surface area contributed by atoms with Gasteiger partial charge in [0.15, 0.2) is 0 Å². The number of nitrogens with zero attached hydrogens (tertiary/aromatic N) is 1. The van der Waals surface area contributed by atoms with E-state index in [1.807, 2.05) is 0 Å². The van der Waals surface area contributed by atoms with Crippen LogP contribution in [0.25, 0.3) is 0 Å². The summed E-state index contributed by atoms with van der Waals surface area (Å²) in [6, 6.07) is 6.00. The van der Waals surface area contributed by atoms with Crippen LogP contribution in [0.2, 0.25) is 0 Å². The normalized spacial score (nSPS) is 18.7. The standard InChI is InChI=1S/C14H17N3O4/c15-10(6-12(16)18)13(19)17-7-9(14(20)21)5-8-3-1-2-4-11(8)17/h1-4,9-10H,5-7,15H2,(H2,16,18)(H,20,21). The number of amides is 2. The molecule has 1 aromatic rings. The zero-order valence-electron chi connectivity index (χ0n) is 11.4. The third-order valence-corrected chi connectivity index (χ3v) is 3.51. The number of carboxylic acids is 1. The van der Waals surface area contributed by atoms with Gasteiger partial charge in [-0.05, 0) is 18.1 Å². The number of hydrogen-bond acceptors (Lipinski definition) is 4. The average Bonchev–Trinajstić information content (AvgIpc) is 2.44. The van der Waals surface area contributed by atoms with Gasteiger partial charge in [-0.15, -0.1) is 0 Å². The van der Waals surface area contributed by atoms with Gasteiger partial charge in [0.1, 0.15) is 0 Å². The van der Waals surface area contributed by atoms with Crippen molar-refractivity contribution in [3.63, 3.8) is 0 Å².